The number of rotatable bonds is 5. The van der Waals surface area contributed by atoms with Crippen LogP contribution >= 0.6 is 11.6 Å². The summed E-state index contributed by atoms with van der Waals surface area (Å²) in [5.41, 5.74) is 16.0. The minimum atomic E-state index is -0.364. The summed E-state index contributed by atoms with van der Waals surface area (Å²) < 4.78 is 17.5. The van der Waals surface area contributed by atoms with Crippen molar-refractivity contribution in [2.75, 3.05) is 11.5 Å². The number of nitrogen functional groups attached to an aromatic ring is 2. The number of anilines is 2. The third kappa shape index (κ3) is 4.31. The molecule has 0 bridgehead atoms. The molecule has 0 radical (unpaired) electrons. The molecule has 0 aliphatic carbocycles. The van der Waals surface area contributed by atoms with Gasteiger partial charge >= 0.3 is 0 Å². The van der Waals surface area contributed by atoms with Gasteiger partial charge in [-0.25, -0.2) is 19.0 Å². The van der Waals surface area contributed by atoms with Gasteiger partial charge < -0.3 is 11.5 Å². The molecule has 5 aromatic rings. The Kier molecular flexibility index (Phi) is 5.86. The summed E-state index contributed by atoms with van der Waals surface area (Å²) in [6, 6.07) is 18.4. The van der Waals surface area contributed by atoms with Crippen molar-refractivity contribution in [1.82, 2.24) is 19.7 Å². The largest absolute Gasteiger partial charge is 0.399 e. The molecule has 0 saturated carbocycles. The van der Waals surface area contributed by atoms with Crippen molar-refractivity contribution in [2.24, 2.45) is 7.05 Å². The lowest BCUT2D eigenvalue weighted by Gasteiger charge is -2.12. The van der Waals surface area contributed by atoms with Crippen molar-refractivity contribution < 1.29 is 4.39 Å². The van der Waals surface area contributed by atoms with Crippen LogP contribution in [0.4, 0.5) is 15.9 Å². The zero-order valence-corrected chi connectivity index (χ0v) is 20.1. The maximum absolute atomic E-state index is 15.9. The van der Waals surface area contributed by atoms with E-state index in [0.29, 0.717) is 50.6 Å². The number of nitrogens with zero attached hydrogens (tertiary/aromatic N) is 4. The highest BCUT2D eigenvalue weighted by Gasteiger charge is 2.20. The topological polar surface area (TPSA) is 95.6 Å². The second kappa shape index (κ2) is 9.00. The van der Waals surface area contributed by atoms with Crippen LogP contribution in [-0.4, -0.2) is 19.7 Å². The number of fused-ring (bicyclic) bond motifs is 1. The van der Waals surface area contributed by atoms with Crippen molar-refractivity contribution >= 4 is 33.9 Å². The van der Waals surface area contributed by atoms with Gasteiger partial charge in [-0.1, -0.05) is 36.7 Å². The molecule has 0 spiro atoms. The molecule has 0 unspecified atom stereocenters. The fraction of sp³-hybridized carbons (Fsp3) is 0.148. The molecule has 6 nitrogen and oxygen atoms in total. The minimum Gasteiger partial charge on any atom is -0.399 e. The van der Waals surface area contributed by atoms with E-state index in [1.807, 2.05) is 55.5 Å². The number of hydrogen-bond donors (Lipinski definition) is 2. The third-order valence-corrected chi connectivity index (χ3v) is 6.37. The quantitative estimate of drug-likeness (QED) is 0.306. The average Bonchev–Trinajstić information content (AvgIpc) is 3.21. The second-order valence-corrected chi connectivity index (χ2v) is 8.90. The van der Waals surface area contributed by atoms with Gasteiger partial charge in [-0.15, -0.1) is 0 Å². The number of aromatic nitrogens is 4. The standard InChI is InChI=1S/C27H24ClFN6/c1-3-15-10-17(14-19-13-16-12-18(30)8-9-20(16)25(31)32-19)24(29)22(11-15)27-33-26(34-35(27)2)21-6-4-5-7-23(21)28/h4-13H,3,14,30H2,1-2H3,(H2,31,32). The number of pyridine rings is 1. The van der Waals surface area contributed by atoms with Crippen molar-refractivity contribution in [1.29, 1.82) is 0 Å². The Labute approximate surface area is 207 Å². The van der Waals surface area contributed by atoms with E-state index in [4.69, 9.17) is 23.1 Å². The first-order valence-electron chi connectivity index (χ1n) is 11.3. The number of halogens is 2. The second-order valence-electron chi connectivity index (χ2n) is 8.49. The fourth-order valence-electron chi connectivity index (χ4n) is 4.27. The molecular formula is C27H24ClFN6. The molecule has 0 aliphatic rings. The summed E-state index contributed by atoms with van der Waals surface area (Å²) in [5, 5.41) is 6.72. The van der Waals surface area contributed by atoms with Crippen molar-refractivity contribution in [2.45, 2.75) is 19.8 Å². The zero-order valence-electron chi connectivity index (χ0n) is 19.4. The highest BCUT2D eigenvalue weighted by Crippen LogP contribution is 2.31. The van der Waals surface area contributed by atoms with Crippen molar-refractivity contribution in [3.05, 3.63) is 88.3 Å². The molecule has 0 saturated heterocycles. The number of benzene rings is 3. The first-order valence-corrected chi connectivity index (χ1v) is 11.6. The van der Waals surface area contributed by atoms with Gasteiger partial charge in [0.25, 0.3) is 0 Å². The maximum Gasteiger partial charge on any atom is 0.183 e. The molecule has 2 heterocycles. The number of aryl methyl sites for hydroxylation is 2. The van der Waals surface area contributed by atoms with Crippen LogP contribution in [0.15, 0.2) is 60.7 Å². The normalized spacial score (nSPS) is 11.3. The van der Waals surface area contributed by atoms with E-state index < -0.39 is 0 Å². The van der Waals surface area contributed by atoms with Crippen LogP contribution in [0.1, 0.15) is 23.7 Å². The van der Waals surface area contributed by atoms with Crippen LogP contribution in [0.5, 0.6) is 0 Å². The van der Waals surface area contributed by atoms with Crippen LogP contribution < -0.4 is 11.5 Å². The van der Waals surface area contributed by atoms with Gasteiger partial charge in [0.05, 0.1) is 10.6 Å². The molecule has 176 valence electrons. The first kappa shape index (κ1) is 22.8. The van der Waals surface area contributed by atoms with Crippen LogP contribution in [0, 0.1) is 5.82 Å². The minimum absolute atomic E-state index is 0.275. The fourth-order valence-corrected chi connectivity index (χ4v) is 4.49. The molecular weight excluding hydrogens is 463 g/mol. The Morgan fingerprint density at radius 2 is 1.77 bits per heavy atom. The van der Waals surface area contributed by atoms with Gasteiger partial charge in [-0.3, -0.25) is 0 Å². The molecule has 0 aliphatic heterocycles. The Balaban J connectivity index is 1.59. The van der Waals surface area contributed by atoms with E-state index in [9.17, 15) is 0 Å². The van der Waals surface area contributed by atoms with Gasteiger partial charge in [0.2, 0.25) is 0 Å². The monoisotopic (exact) mass is 486 g/mol. The van der Waals surface area contributed by atoms with Gasteiger partial charge in [0.15, 0.2) is 11.6 Å². The molecule has 0 atom stereocenters. The van der Waals surface area contributed by atoms with Gasteiger partial charge in [-0.2, -0.15) is 5.10 Å². The van der Waals surface area contributed by atoms with Crippen LogP contribution in [0.3, 0.4) is 0 Å². The molecule has 8 heteroatoms. The van der Waals surface area contributed by atoms with Gasteiger partial charge in [-0.05, 0) is 65.4 Å². The zero-order chi connectivity index (χ0) is 24.7. The highest BCUT2D eigenvalue weighted by atomic mass is 35.5. The predicted molar refractivity (Wildman–Crippen MR) is 140 cm³/mol. The Morgan fingerprint density at radius 1 is 0.971 bits per heavy atom. The maximum atomic E-state index is 15.9. The van der Waals surface area contributed by atoms with E-state index in [1.54, 1.807) is 23.9 Å². The number of nitrogens with two attached hydrogens (primary N) is 2. The molecule has 2 aromatic heterocycles. The lowest BCUT2D eigenvalue weighted by molar-refractivity contribution is 0.612. The van der Waals surface area contributed by atoms with Crippen LogP contribution in [-0.2, 0) is 19.9 Å². The summed E-state index contributed by atoms with van der Waals surface area (Å²) >= 11 is 6.34. The average molecular weight is 487 g/mol. The predicted octanol–water partition coefficient (Wildman–Crippen LogP) is 5.81. The van der Waals surface area contributed by atoms with E-state index >= 15 is 4.39 Å². The summed E-state index contributed by atoms with van der Waals surface area (Å²) in [5.74, 6) is 0.893. The molecule has 5 rings (SSSR count). The lowest BCUT2D eigenvalue weighted by atomic mass is 9.98. The van der Waals surface area contributed by atoms with E-state index in [-0.39, 0.29) is 12.2 Å². The smallest absolute Gasteiger partial charge is 0.183 e. The van der Waals surface area contributed by atoms with Crippen LogP contribution in [0.25, 0.3) is 33.5 Å². The molecule has 0 amide bonds. The summed E-state index contributed by atoms with van der Waals surface area (Å²) in [6.45, 7) is 2.03. The van der Waals surface area contributed by atoms with E-state index in [2.05, 4.69) is 15.1 Å². The SMILES string of the molecule is CCc1cc(Cc2cc3cc(N)ccc3c(N)n2)c(F)c(-c2nc(-c3ccccc3Cl)nn2C)c1. The van der Waals surface area contributed by atoms with E-state index in [1.165, 1.54) is 0 Å². The summed E-state index contributed by atoms with van der Waals surface area (Å²) in [7, 11) is 1.75. The molecule has 35 heavy (non-hydrogen) atoms. The molecule has 4 N–H and O–H groups in total. The van der Waals surface area contributed by atoms with Crippen LogP contribution in [0.2, 0.25) is 5.02 Å². The Morgan fingerprint density at radius 3 is 2.54 bits per heavy atom. The van der Waals surface area contributed by atoms with E-state index in [0.717, 1.165) is 22.8 Å². The third-order valence-electron chi connectivity index (χ3n) is 6.04. The first-order chi connectivity index (χ1) is 16.8. The summed E-state index contributed by atoms with van der Waals surface area (Å²) in [4.78, 5) is 9.16. The Bertz CT molecular complexity index is 1580. The number of hydrogen-bond acceptors (Lipinski definition) is 5. The van der Waals surface area contributed by atoms with Gasteiger partial charge in [0, 0.05) is 35.8 Å². The molecule has 3 aromatic carbocycles. The summed E-state index contributed by atoms with van der Waals surface area (Å²) in [6.07, 6.45) is 1.01. The Hall–Kier alpha value is -3.97. The van der Waals surface area contributed by atoms with Crippen molar-refractivity contribution in [3.8, 4) is 22.8 Å². The lowest BCUT2D eigenvalue weighted by Crippen LogP contribution is -2.04. The van der Waals surface area contributed by atoms with Crippen molar-refractivity contribution in [3.63, 3.8) is 0 Å². The highest BCUT2D eigenvalue weighted by molar-refractivity contribution is 6.33. The molecule has 0 fully saturated rings. The van der Waals surface area contributed by atoms with Gasteiger partial charge in [0.1, 0.15) is 11.6 Å².